The van der Waals surface area contributed by atoms with Crippen LogP contribution in [0.5, 0.6) is 0 Å². The Labute approximate surface area is 157 Å². The van der Waals surface area contributed by atoms with Gasteiger partial charge in [-0.1, -0.05) is 43.0 Å². The van der Waals surface area contributed by atoms with Crippen LogP contribution in [0.25, 0.3) is 0 Å². The van der Waals surface area contributed by atoms with Crippen molar-refractivity contribution < 1.29 is 19.8 Å². The first kappa shape index (κ1) is 19.6. The quantitative estimate of drug-likeness (QED) is 0.386. The molecule has 0 saturated heterocycles. The smallest absolute Gasteiger partial charge is 0.189 e. The van der Waals surface area contributed by atoms with Gasteiger partial charge in [0.15, 0.2) is 0 Å². The van der Waals surface area contributed by atoms with E-state index in [9.17, 15) is 0 Å². The third-order valence-electron chi connectivity index (χ3n) is 3.02. The fraction of sp³-hybridized carbons (Fsp3) is 0.0952. The third-order valence-corrected chi connectivity index (χ3v) is 4.03. The van der Waals surface area contributed by atoms with E-state index in [0.29, 0.717) is 0 Å². The van der Waals surface area contributed by atoms with Crippen molar-refractivity contribution >= 4 is 11.8 Å². The maximum atomic E-state index is 3.01. The molecule has 0 aliphatic rings. The standard InChI is InChI=1S/C12H9S.C9H11.Os/c1-3-7-11(8-4-1)13-12-9-5-2-6-10-12;1-8(2)9-6-4-3-5-7-9;/h1,3-10H;3-7H,1-2H3;/q2*-1;+2. The van der Waals surface area contributed by atoms with Crippen molar-refractivity contribution in [2.75, 3.05) is 0 Å². The van der Waals surface area contributed by atoms with E-state index in [4.69, 9.17) is 0 Å². The molecule has 3 rings (SSSR count). The second-order valence-corrected chi connectivity index (χ2v) is 6.16. The van der Waals surface area contributed by atoms with E-state index < -0.39 is 0 Å². The molecule has 0 aliphatic carbocycles. The summed E-state index contributed by atoms with van der Waals surface area (Å²) < 4.78 is 0. The van der Waals surface area contributed by atoms with Gasteiger partial charge in [0.25, 0.3) is 0 Å². The zero-order valence-electron chi connectivity index (χ0n) is 13.3. The summed E-state index contributed by atoms with van der Waals surface area (Å²) in [4.78, 5) is 2.53. The average molecular weight is 495 g/mol. The molecular formula is C21H20OsS. The predicted molar refractivity (Wildman–Crippen MR) is 96.0 cm³/mol. The fourth-order valence-electron chi connectivity index (χ4n) is 1.84. The van der Waals surface area contributed by atoms with Crippen LogP contribution in [0.4, 0.5) is 0 Å². The molecule has 0 aromatic heterocycles. The number of rotatable bonds is 3. The summed E-state index contributed by atoms with van der Waals surface area (Å²) in [5, 5.41) is 0. The Kier molecular flexibility index (Phi) is 9.45. The molecule has 3 aromatic rings. The molecule has 0 saturated carbocycles. The topological polar surface area (TPSA) is 0 Å². The van der Waals surface area contributed by atoms with Crippen molar-refractivity contribution in [2.24, 2.45) is 0 Å². The van der Waals surface area contributed by atoms with Gasteiger partial charge in [0.2, 0.25) is 0 Å². The second-order valence-electron chi connectivity index (χ2n) is 5.02. The summed E-state index contributed by atoms with van der Waals surface area (Å²) in [6, 6.07) is 31.8. The Morgan fingerprint density at radius 2 is 1.17 bits per heavy atom. The largest absolute Gasteiger partial charge is 2.00 e. The predicted octanol–water partition coefficient (Wildman–Crippen LogP) is 6.28. The fourth-order valence-corrected chi connectivity index (χ4v) is 2.67. The average Bonchev–Trinajstić information content (AvgIpc) is 2.58. The van der Waals surface area contributed by atoms with Gasteiger partial charge in [-0.3, -0.25) is 0 Å². The van der Waals surface area contributed by atoms with Crippen molar-refractivity contribution in [3.05, 3.63) is 102 Å². The van der Waals surface area contributed by atoms with Crippen LogP contribution in [0.3, 0.4) is 0 Å². The van der Waals surface area contributed by atoms with Crippen LogP contribution in [0.1, 0.15) is 19.4 Å². The Balaban J connectivity index is 0.000000235. The maximum absolute atomic E-state index is 3.01. The molecule has 0 spiro atoms. The minimum absolute atomic E-state index is 0. The van der Waals surface area contributed by atoms with Crippen LogP contribution in [0.2, 0.25) is 0 Å². The SMILES string of the molecule is C[C-](C)c1ccccc1.[Os+2].[c-]1ccc(Sc2ccccc2)cc1. The summed E-state index contributed by atoms with van der Waals surface area (Å²) >= 11 is 1.77. The number of hydrogen-bond donors (Lipinski definition) is 0. The molecule has 3 aromatic carbocycles. The number of hydrogen-bond acceptors (Lipinski definition) is 1. The van der Waals surface area contributed by atoms with Crippen molar-refractivity contribution in [3.8, 4) is 0 Å². The van der Waals surface area contributed by atoms with Gasteiger partial charge in [0.1, 0.15) is 0 Å². The van der Waals surface area contributed by atoms with Crippen molar-refractivity contribution in [1.82, 2.24) is 0 Å². The minimum atomic E-state index is 0. The van der Waals surface area contributed by atoms with E-state index in [1.807, 2.05) is 24.3 Å². The van der Waals surface area contributed by atoms with Gasteiger partial charge in [-0.15, -0.1) is 23.9 Å². The van der Waals surface area contributed by atoms with Gasteiger partial charge in [-0.25, -0.2) is 0 Å². The van der Waals surface area contributed by atoms with Crippen LogP contribution in [-0.4, -0.2) is 0 Å². The van der Waals surface area contributed by atoms with Crippen LogP contribution >= 0.6 is 11.8 Å². The van der Waals surface area contributed by atoms with Gasteiger partial charge < -0.3 is 0 Å². The maximum Gasteiger partial charge on any atom is 2.00 e. The zero-order valence-corrected chi connectivity index (χ0v) is 16.7. The molecule has 0 unspecified atom stereocenters. The summed E-state index contributed by atoms with van der Waals surface area (Å²) in [5.74, 6) is 1.37. The van der Waals surface area contributed by atoms with Gasteiger partial charge in [0, 0.05) is 4.90 Å². The van der Waals surface area contributed by atoms with Crippen LogP contribution in [0.15, 0.2) is 94.7 Å². The summed E-state index contributed by atoms with van der Waals surface area (Å²) in [5.41, 5.74) is 1.33. The van der Waals surface area contributed by atoms with Crippen LogP contribution in [0, 0.1) is 12.0 Å². The van der Waals surface area contributed by atoms with E-state index in [-0.39, 0.29) is 19.8 Å². The summed E-state index contributed by atoms with van der Waals surface area (Å²) in [7, 11) is 0. The van der Waals surface area contributed by atoms with E-state index in [1.165, 1.54) is 21.3 Å². The molecule has 0 fully saturated rings. The molecule has 0 nitrogen and oxygen atoms in total. The summed E-state index contributed by atoms with van der Waals surface area (Å²) in [6.45, 7) is 4.24. The van der Waals surface area contributed by atoms with Gasteiger partial charge in [-0.05, 0) is 12.1 Å². The van der Waals surface area contributed by atoms with Gasteiger partial charge >= 0.3 is 19.8 Å². The monoisotopic (exact) mass is 496 g/mol. The Hall–Kier alpha value is -1.48. The zero-order chi connectivity index (χ0) is 15.6. The first-order valence-electron chi connectivity index (χ1n) is 7.30. The molecule has 0 bridgehead atoms. The van der Waals surface area contributed by atoms with Crippen LogP contribution < -0.4 is 0 Å². The molecule has 0 amide bonds. The molecule has 118 valence electrons. The Morgan fingerprint density at radius 1 is 0.696 bits per heavy atom. The minimum Gasteiger partial charge on any atom is -0.189 e. The molecule has 0 aliphatic heterocycles. The van der Waals surface area contributed by atoms with Crippen molar-refractivity contribution in [2.45, 2.75) is 23.6 Å². The first-order chi connectivity index (χ1) is 10.8. The van der Waals surface area contributed by atoms with E-state index in [1.54, 1.807) is 11.8 Å². The molecule has 0 heterocycles. The summed E-state index contributed by atoms with van der Waals surface area (Å²) in [6.07, 6.45) is 0. The van der Waals surface area contributed by atoms with E-state index in [0.717, 1.165) is 0 Å². The van der Waals surface area contributed by atoms with Crippen LogP contribution in [-0.2, 0) is 19.8 Å². The molecular weight excluding hydrogens is 475 g/mol. The van der Waals surface area contributed by atoms with E-state index in [2.05, 4.69) is 80.6 Å². The molecule has 0 N–H and O–H groups in total. The van der Waals surface area contributed by atoms with E-state index >= 15 is 0 Å². The number of benzene rings is 3. The van der Waals surface area contributed by atoms with Crippen molar-refractivity contribution in [1.29, 1.82) is 0 Å². The molecule has 2 heteroatoms. The Bertz CT molecular complexity index is 599. The second kappa shape index (κ2) is 11.1. The van der Waals surface area contributed by atoms with Gasteiger partial charge in [-0.2, -0.15) is 53.9 Å². The molecule has 0 atom stereocenters. The van der Waals surface area contributed by atoms with Crippen molar-refractivity contribution in [3.63, 3.8) is 0 Å². The molecule has 0 radical (unpaired) electrons. The molecule has 23 heavy (non-hydrogen) atoms. The third kappa shape index (κ3) is 7.55. The Morgan fingerprint density at radius 3 is 1.65 bits per heavy atom. The van der Waals surface area contributed by atoms with Gasteiger partial charge in [0.05, 0.1) is 0 Å². The first-order valence-corrected chi connectivity index (χ1v) is 8.12. The normalized spacial score (nSPS) is 9.13.